The Morgan fingerprint density at radius 3 is 2.50 bits per heavy atom. The number of pyridine rings is 1. The summed E-state index contributed by atoms with van der Waals surface area (Å²) < 4.78 is 1.81. The van der Waals surface area contributed by atoms with Crippen molar-refractivity contribution in [3.8, 4) is 28.5 Å². The third-order valence-electron chi connectivity index (χ3n) is 4.14. The van der Waals surface area contributed by atoms with Gasteiger partial charge < -0.3 is 5.73 Å². The molecule has 0 aliphatic heterocycles. The third kappa shape index (κ3) is 3.13. The number of rotatable bonds is 4. The van der Waals surface area contributed by atoms with Gasteiger partial charge in [-0.05, 0) is 25.7 Å². The molecule has 132 valence electrons. The average Bonchev–Trinajstić information content (AvgIpc) is 2.87. The van der Waals surface area contributed by atoms with Crippen molar-refractivity contribution in [1.82, 2.24) is 24.7 Å². The lowest BCUT2D eigenvalue weighted by atomic mass is 10.00. The molecule has 0 atom stereocenters. The van der Waals surface area contributed by atoms with Crippen molar-refractivity contribution in [3.05, 3.63) is 35.4 Å². The lowest BCUT2D eigenvalue weighted by molar-refractivity contribution is 0.731. The molecule has 0 saturated heterocycles. The van der Waals surface area contributed by atoms with Crippen LogP contribution < -0.4 is 5.73 Å². The van der Waals surface area contributed by atoms with Crippen LogP contribution in [-0.2, 0) is 7.05 Å². The van der Waals surface area contributed by atoms with Gasteiger partial charge in [0.2, 0.25) is 0 Å². The molecule has 0 aliphatic rings. The third-order valence-corrected chi connectivity index (χ3v) is 4.89. The molecule has 0 amide bonds. The first-order valence-corrected chi connectivity index (χ1v) is 9.11. The molecule has 7 nitrogen and oxygen atoms in total. The molecule has 0 aromatic carbocycles. The molecule has 0 bridgehead atoms. The standard InChI is InChI=1S/C18H19N7S/c1-5-26-18-21-8-12(9-22-18)13-6-15(23-17(20)14(13)7-19)16-10(2)24-25(4)11(16)3/h6,8-9H,5H2,1-4H3,(H2,20,23). The lowest BCUT2D eigenvalue weighted by Crippen LogP contribution is -2.01. The largest absolute Gasteiger partial charge is 0.383 e. The highest BCUT2D eigenvalue weighted by Crippen LogP contribution is 2.33. The van der Waals surface area contributed by atoms with E-state index < -0.39 is 0 Å². The SMILES string of the molecule is CCSc1ncc(-c2cc(-c3c(C)nn(C)c3C)nc(N)c2C#N)cn1. The first kappa shape index (κ1) is 17.9. The van der Waals surface area contributed by atoms with Gasteiger partial charge >= 0.3 is 0 Å². The first-order valence-electron chi connectivity index (χ1n) is 8.12. The van der Waals surface area contributed by atoms with Crippen LogP contribution in [0, 0.1) is 25.2 Å². The molecule has 3 aromatic heterocycles. The van der Waals surface area contributed by atoms with Crippen LogP contribution in [0.25, 0.3) is 22.4 Å². The molecule has 0 fully saturated rings. The van der Waals surface area contributed by atoms with E-state index >= 15 is 0 Å². The van der Waals surface area contributed by atoms with Crippen LogP contribution in [0.4, 0.5) is 5.82 Å². The number of anilines is 1. The Bertz CT molecular complexity index is 1000. The quantitative estimate of drug-likeness (QED) is 0.559. The molecule has 0 aliphatic carbocycles. The van der Waals surface area contributed by atoms with Crippen molar-refractivity contribution >= 4 is 17.6 Å². The molecule has 0 unspecified atom stereocenters. The van der Waals surface area contributed by atoms with Crippen LogP contribution >= 0.6 is 11.8 Å². The van der Waals surface area contributed by atoms with Gasteiger partial charge in [0.15, 0.2) is 5.16 Å². The summed E-state index contributed by atoms with van der Waals surface area (Å²) in [6.07, 6.45) is 3.43. The van der Waals surface area contributed by atoms with Crippen molar-refractivity contribution < 1.29 is 0 Å². The zero-order valence-electron chi connectivity index (χ0n) is 15.1. The van der Waals surface area contributed by atoms with Gasteiger partial charge in [-0.15, -0.1) is 0 Å². The van der Waals surface area contributed by atoms with Crippen LogP contribution in [0.1, 0.15) is 23.9 Å². The van der Waals surface area contributed by atoms with Crippen molar-refractivity contribution in [2.75, 3.05) is 11.5 Å². The maximum atomic E-state index is 9.54. The normalized spacial score (nSPS) is 10.7. The Balaban J connectivity index is 2.18. The second-order valence-electron chi connectivity index (χ2n) is 5.78. The summed E-state index contributed by atoms with van der Waals surface area (Å²) in [4.78, 5) is 13.2. The van der Waals surface area contributed by atoms with E-state index in [9.17, 15) is 5.26 Å². The van der Waals surface area contributed by atoms with Crippen molar-refractivity contribution in [1.29, 1.82) is 5.26 Å². The predicted molar refractivity (Wildman–Crippen MR) is 102 cm³/mol. The molecule has 2 N–H and O–H groups in total. The molecule has 26 heavy (non-hydrogen) atoms. The Morgan fingerprint density at radius 1 is 1.27 bits per heavy atom. The topological polar surface area (TPSA) is 106 Å². The second-order valence-corrected chi connectivity index (χ2v) is 7.02. The molecule has 3 heterocycles. The Labute approximate surface area is 156 Å². The van der Waals surface area contributed by atoms with Crippen LogP contribution in [0.3, 0.4) is 0 Å². The van der Waals surface area contributed by atoms with Crippen LogP contribution in [0.15, 0.2) is 23.6 Å². The number of nitrogens with two attached hydrogens (primary N) is 1. The zero-order chi connectivity index (χ0) is 18.8. The highest BCUT2D eigenvalue weighted by Gasteiger charge is 2.18. The number of aromatic nitrogens is 5. The highest BCUT2D eigenvalue weighted by atomic mass is 32.2. The zero-order valence-corrected chi connectivity index (χ0v) is 15.9. The fraction of sp³-hybridized carbons (Fsp3) is 0.278. The molecule has 0 radical (unpaired) electrons. The lowest BCUT2D eigenvalue weighted by Gasteiger charge is -2.10. The van der Waals surface area contributed by atoms with Gasteiger partial charge in [-0.2, -0.15) is 10.4 Å². The molecule has 3 aromatic rings. The van der Waals surface area contributed by atoms with E-state index in [2.05, 4.69) is 26.1 Å². The van der Waals surface area contributed by atoms with E-state index in [1.54, 1.807) is 28.8 Å². The summed E-state index contributed by atoms with van der Waals surface area (Å²) in [5.74, 6) is 1.09. The second kappa shape index (κ2) is 7.14. The highest BCUT2D eigenvalue weighted by molar-refractivity contribution is 7.99. The number of nitrogens with zero attached hydrogens (tertiary/aromatic N) is 6. The molecule has 0 saturated carbocycles. The van der Waals surface area contributed by atoms with Crippen LogP contribution in [-0.4, -0.2) is 30.5 Å². The minimum Gasteiger partial charge on any atom is -0.383 e. The van der Waals surface area contributed by atoms with E-state index in [0.29, 0.717) is 22.0 Å². The number of aryl methyl sites for hydroxylation is 2. The van der Waals surface area contributed by atoms with Gasteiger partial charge in [0, 0.05) is 41.8 Å². The maximum Gasteiger partial charge on any atom is 0.187 e. The Kier molecular flexibility index (Phi) is 4.91. The van der Waals surface area contributed by atoms with Gasteiger partial charge in [0.05, 0.1) is 11.4 Å². The Morgan fingerprint density at radius 2 is 1.96 bits per heavy atom. The van der Waals surface area contributed by atoms with E-state index in [1.165, 1.54) is 0 Å². The van der Waals surface area contributed by atoms with E-state index in [1.807, 2.05) is 33.9 Å². The first-order chi connectivity index (χ1) is 12.5. The molecular formula is C18H19N7S. The number of hydrogen-bond donors (Lipinski definition) is 1. The van der Waals surface area contributed by atoms with Gasteiger partial charge in [0.25, 0.3) is 0 Å². The van der Waals surface area contributed by atoms with Crippen molar-refractivity contribution in [3.63, 3.8) is 0 Å². The average molecular weight is 365 g/mol. The van der Waals surface area contributed by atoms with Gasteiger partial charge in [-0.25, -0.2) is 15.0 Å². The molecule has 8 heteroatoms. The summed E-state index contributed by atoms with van der Waals surface area (Å²) >= 11 is 1.56. The van der Waals surface area contributed by atoms with Crippen LogP contribution in [0.2, 0.25) is 0 Å². The van der Waals surface area contributed by atoms with E-state index in [-0.39, 0.29) is 5.82 Å². The van der Waals surface area contributed by atoms with Gasteiger partial charge in [-0.1, -0.05) is 18.7 Å². The van der Waals surface area contributed by atoms with E-state index in [0.717, 1.165) is 28.3 Å². The van der Waals surface area contributed by atoms with Crippen molar-refractivity contribution in [2.45, 2.75) is 25.9 Å². The number of hydrogen-bond acceptors (Lipinski definition) is 7. The fourth-order valence-corrected chi connectivity index (χ4v) is 3.35. The summed E-state index contributed by atoms with van der Waals surface area (Å²) in [5, 5.41) is 14.7. The Hall–Kier alpha value is -2.92. The molecule has 3 rings (SSSR count). The van der Waals surface area contributed by atoms with Gasteiger partial charge in [-0.3, -0.25) is 4.68 Å². The summed E-state index contributed by atoms with van der Waals surface area (Å²) in [7, 11) is 1.89. The van der Waals surface area contributed by atoms with Gasteiger partial charge in [0.1, 0.15) is 17.5 Å². The summed E-state index contributed by atoms with van der Waals surface area (Å²) in [5.41, 5.74) is 11.3. The monoisotopic (exact) mass is 365 g/mol. The predicted octanol–water partition coefficient (Wildman–Crippen LogP) is 3.12. The minimum atomic E-state index is 0.190. The van der Waals surface area contributed by atoms with E-state index in [4.69, 9.17) is 5.73 Å². The number of nitrogen functional groups attached to an aromatic ring is 1. The summed E-state index contributed by atoms with van der Waals surface area (Å²) in [6, 6.07) is 4.00. The molecular weight excluding hydrogens is 346 g/mol. The fourth-order valence-electron chi connectivity index (χ4n) is 2.84. The summed E-state index contributed by atoms with van der Waals surface area (Å²) in [6.45, 7) is 5.95. The molecule has 0 spiro atoms. The smallest absolute Gasteiger partial charge is 0.187 e. The number of thioether (sulfide) groups is 1. The minimum absolute atomic E-state index is 0.190. The number of nitriles is 1. The van der Waals surface area contributed by atoms with Crippen LogP contribution in [0.5, 0.6) is 0 Å². The van der Waals surface area contributed by atoms with Crippen molar-refractivity contribution in [2.24, 2.45) is 7.05 Å². The maximum absolute atomic E-state index is 9.54.